The van der Waals surface area contributed by atoms with E-state index in [-0.39, 0.29) is 16.7 Å². The van der Waals surface area contributed by atoms with Crippen LogP contribution in [0, 0.1) is 0 Å². The number of anilines is 1. The number of halogens is 1. The smallest absolute Gasteiger partial charge is 0.255 e. The van der Waals surface area contributed by atoms with Crippen molar-refractivity contribution in [3.63, 3.8) is 0 Å². The molecule has 0 spiro atoms. The van der Waals surface area contributed by atoms with E-state index in [1.54, 1.807) is 0 Å². The number of rotatable bonds is 2. The third kappa shape index (κ3) is 4.47. The summed E-state index contributed by atoms with van der Waals surface area (Å²) in [4.78, 5) is 12.5. The number of hydrogen-bond donors (Lipinski definition) is 1. The third-order valence-electron chi connectivity index (χ3n) is 4.10. The first kappa shape index (κ1) is 18.7. The summed E-state index contributed by atoms with van der Waals surface area (Å²) in [6, 6.07) is 13.9. The van der Waals surface area contributed by atoms with Gasteiger partial charge in [-0.1, -0.05) is 59.7 Å². The van der Waals surface area contributed by atoms with Gasteiger partial charge in [0.15, 0.2) is 0 Å². The molecule has 0 atom stereocenters. The summed E-state index contributed by atoms with van der Waals surface area (Å²) in [5, 5.41) is 2.98. The van der Waals surface area contributed by atoms with Crippen molar-refractivity contribution in [3.05, 3.63) is 63.6 Å². The first-order valence-electron chi connectivity index (χ1n) is 8.20. The van der Waals surface area contributed by atoms with Gasteiger partial charge in [0, 0.05) is 10.0 Å². The average Bonchev–Trinajstić information content (AvgIpc) is 2.47. The minimum absolute atomic E-state index is 0.0772. The van der Waals surface area contributed by atoms with Crippen molar-refractivity contribution in [3.8, 4) is 0 Å². The fraction of sp³-hybridized carbons (Fsp3) is 0.381. The highest BCUT2D eigenvalue weighted by Crippen LogP contribution is 2.30. The van der Waals surface area contributed by atoms with Crippen LogP contribution in [0.2, 0.25) is 0 Å². The Kier molecular flexibility index (Phi) is 5.24. The topological polar surface area (TPSA) is 29.1 Å². The van der Waals surface area contributed by atoms with Crippen LogP contribution in [0.15, 0.2) is 46.9 Å². The molecular formula is C21H26BrNO. The summed E-state index contributed by atoms with van der Waals surface area (Å²) in [7, 11) is 0. The van der Waals surface area contributed by atoms with Crippen LogP contribution in [0.4, 0.5) is 5.69 Å². The highest BCUT2D eigenvalue weighted by Gasteiger charge is 2.17. The van der Waals surface area contributed by atoms with Crippen LogP contribution in [0.1, 0.15) is 63.0 Å². The molecule has 0 saturated heterocycles. The second-order valence-corrected chi connectivity index (χ2v) is 9.08. The molecule has 24 heavy (non-hydrogen) atoms. The van der Waals surface area contributed by atoms with Gasteiger partial charge in [-0.25, -0.2) is 0 Å². The summed E-state index contributed by atoms with van der Waals surface area (Å²) in [6.45, 7) is 13.0. The summed E-state index contributed by atoms with van der Waals surface area (Å²) in [5.41, 5.74) is 4.05. The van der Waals surface area contributed by atoms with E-state index >= 15 is 0 Å². The van der Waals surface area contributed by atoms with Crippen LogP contribution < -0.4 is 5.32 Å². The van der Waals surface area contributed by atoms with Crippen LogP contribution in [-0.2, 0) is 10.8 Å². The van der Waals surface area contributed by atoms with Crippen molar-refractivity contribution in [2.24, 2.45) is 0 Å². The Hall–Kier alpha value is -1.61. The zero-order chi connectivity index (χ0) is 18.1. The summed E-state index contributed by atoms with van der Waals surface area (Å²) >= 11 is 3.56. The van der Waals surface area contributed by atoms with Gasteiger partial charge in [0.05, 0.1) is 5.69 Å². The molecule has 2 nitrogen and oxygen atoms in total. The van der Waals surface area contributed by atoms with Crippen LogP contribution in [0.5, 0.6) is 0 Å². The molecule has 0 saturated carbocycles. The molecule has 0 fully saturated rings. The Morgan fingerprint density at radius 3 is 1.79 bits per heavy atom. The number of amides is 1. The molecule has 2 aromatic carbocycles. The quantitative estimate of drug-likeness (QED) is 0.643. The van der Waals surface area contributed by atoms with E-state index in [9.17, 15) is 4.79 Å². The largest absolute Gasteiger partial charge is 0.321 e. The first-order chi connectivity index (χ1) is 11.0. The van der Waals surface area contributed by atoms with Crippen molar-refractivity contribution in [1.82, 2.24) is 0 Å². The number of benzene rings is 2. The SMILES string of the molecule is CC(C)(C)c1ccc(C(=O)Nc2ccc(C(C)(C)C)cc2Br)cc1. The summed E-state index contributed by atoms with van der Waals surface area (Å²) < 4.78 is 0.898. The van der Waals surface area contributed by atoms with E-state index in [0.717, 1.165) is 10.2 Å². The Balaban J connectivity index is 2.18. The minimum Gasteiger partial charge on any atom is -0.321 e. The van der Waals surface area contributed by atoms with Gasteiger partial charge in [0.2, 0.25) is 0 Å². The van der Waals surface area contributed by atoms with Gasteiger partial charge in [-0.15, -0.1) is 0 Å². The van der Waals surface area contributed by atoms with Crippen molar-refractivity contribution in [2.45, 2.75) is 52.4 Å². The third-order valence-corrected chi connectivity index (χ3v) is 4.75. The maximum Gasteiger partial charge on any atom is 0.255 e. The predicted octanol–water partition coefficient (Wildman–Crippen LogP) is 6.30. The first-order valence-corrected chi connectivity index (χ1v) is 9.00. The Bertz CT molecular complexity index is 734. The highest BCUT2D eigenvalue weighted by atomic mass is 79.9. The van der Waals surface area contributed by atoms with E-state index in [0.29, 0.717) is 5.56 Å². The fourth-order valence-corrected chi connectivity index (χ4v) is 2.88. The second kappa shape index (κ2) is 6.72. The number of carbonyl (C=O) groups excluding carboxylic acids is 1. The van der Waals surface area contributed by atoms with Crippen LogP contribution in [-0.4, -0.2) is 5.91 Å². The minimum atomic E-state index is -0.0975. The molecule has 0 aliphatic rings. The zero-order valence-corrected chi connectivity index (χ0v) is 16.9. The van der Waals surface area contributed by atoms with Crippen LogP contribution >= 0.6 is 15.9 Å². The van der Waals surface area contributed by atoms with Gasteiger partial charge in [0.1, 0.15) is 0 Å². The van der Waals surface area contributed by atoms with E-state index in [1.165, 1.54) is 11.1 Å². The van der Waals surface area contributed by atoms with E-state index < -0.39 is 0 Å². The van der Waals surface area contributed by atoms with Crippen molar-refractivity contribution >= 4 is 27.5 Å². The van der Waals surface area contributed by atoms with Gasteiger partial charge in [-0.05, 0) is 62.2 Å². The lowest BCUT2D eigenvalue weighted by Gasteiger charge is -2.20. The van der Waals surface area contributed by atoms with Crippen LogP contribution in [0.3, 0.4) is 0 Å². The molecule has 0 unspecified atom stereocenters. The Labute approximate surface area is 153 Å². The Morgan fingerprint density at radius 1 is 0.833 bits per heavy atom. The lowest BCUT2D eigenvalue weighted by atomic mass is 9.86. The molecule has 0 radical (unpaired) electrons. The van der Waals surface area contributed by atoms with E-state index in [4.69, 9.17) is 0 Å². The molecule has 0 aromatic heterocycles. The maximum absolute atomic E-state index is 12.5. The van der Waals surface area contributed by atoms with Crippen molar-refractivity contribution in [1.29, 1.82) is 0 Å². The molecule has 0 heterocycles. The molecule has 1 N–H and O–H groups in total. The zero-order valence-electron chi connectivity index (χ0n) is 15.3. The molecule has 0 aliphatic heterocycles. The molecule has 128 valence electrons. The summed E-state index contributed by atoms with van der Waals surface area (Å²) in [5.74, 6) is -0.0975. The molecular weight excluding hydrogens is 362 g/mol. The standard InChI is InChI=1S/C21H26BrNO/c1-20(2,3)15-9-7-14(8-10-15)19(24)23-18-12-11-16(13-17(18)22)21(4,5)6/h7-13H,1-6H3,(H,23,24). The summed E-state index contributed by atoms with van der Waals surface area (Å²) in [6.07, 6.45) is 0. The molecule has 0 aliphatic carbocycles. The number of hydrogen-bond acceptors (Lipinski definition) is 1. The van der Waals surface area contributed by atoms with Gasteiger partial charge in [-0.2, -0.15) is 0 Å². The number of nitrogens with one attached hydrogen (secondary N) is 1. The van der Waals surface area contributed by atoms with Gasteiger partial charge in [-0.3, -0.25) is 4.79 Å². The van der Waals surface area contributed by atoms with Crippen molar-refractivity contribution < 1.29 is 4.79 Å². The second-order valence-electron chi connectivity index (χ2n) is 8.23. The maximum atomic E-state index is 12.5. The molecule has 2 rings (SSSR count). The van der Waals surface area contributed by atoms with E-state index in [1.807, 2.05) is 30.3 Å². The van der Waals surface area contributed by atoms with E-state index in [2.05, 4.69) is 74.9 Å². The molecule has 2 aromatic rings. The lowest BCUT2D eigenvalue weighted by Crippen LogP contribution is -2.15. The Morgan fingerprint density at radius 2 is 1.33 bits per heavy atom. The normalized spacial score (nSPS) is 12.1. The number of carbonyl (C=O) groups is 1. The van der Waals surface area contributed by atoms with Crippen LogP contribution in [0.25, 0.3) is 0 Å². The van der Waals surface area contributed by atoms with Gasteiger partial charge < -0.3 is 5.32 Å². The lowest BCUT2D eigenvalue weighted by molar-refractivity contribution is 0.102. The van der Waals surface area contributed by atoms with Gasteiger partial charge in [0.25, 0.3) is 5.91 Å². The van der Waals surface area contributed by atoms with Crippen molar-refractivity contribution in [2.75, 3.05) is 5.32 Å². The molecule has 0 bridgehead atoms. The fourth-order valence-electron chi connectivity index (χ4n) is 2.40. The highest BCUT2D eigenvalue weighted by molar-refractivity contribution is 9.10. The average molecular weight is 388 g/mol. The monoisotopic (exact) mass is 387 g/mol. The predicted molar refractivity (Wildman–Crippen MR) is 106 cm³/mol. The molecule has 3 heteroatoms. The van der Waals surface area contributed by atoms with Gasteiger partial charge >= 0.3 is 0 Å². The molecule has 1 amide bonds.